The summed E-state index contributed by atoms with van der Waals surface area (Å²) in [7, 11) is 0. The zero-order valence-corrected chi connectivity index (χ0v) is 8.98. The molecule has 1 aromatic rings. The molecule has 0 unspecified atom stereocenters. The third-order valence-electron chi connectivity index (χ3n) is 1.26. The summed E-state index contributed by atoms with van der Waals surface area (Å²) < 4.78 is 0.834. The maximum absolute atomic E-state index is 5.61. The number of nitrogens with one attached hydrogen (secondary N) is 1. The Morgan fingerprint density at radius 1 is 1.67 bits per heavy atom. The first-order valence-electron chi connectivity index (χ1n) is 3.66. The van der Waals surface area contributed by atoms with E-state index in [1.165, 1.54) is 0 Å². The van der Waals surface area contributed by atoms with Gasteiger partial charge in [0.25, 0.3) is 0 Å². The molecule has 0 radical (unpaired) electrons. The molecule has 1 aromatic heterocycles. The van der Waals surface area contributed by atoms with Gasteiger partial charge in [-0.2, -0.15) is 4.98 Å². The molecule has 0 fully saturated rings. The van der Waals surface area contributed by atoms with Crippen LogP contribution in [0.25, 0.3) is 0 Å². The average molecular weight is 251 g/mol. The van der Waals surface area contributed by atoms with Crippen molar-refractivity contribution in [2.45, 2.75) is 13.3 Å². The molecule has 0 spiro atoms. The van der Waals surface area contributed by atoms with Crippen molar-refractivity contribution in [1.29, 1.82) is 0 Å². The van der Waals surface area contributed by atoms with Crippen LogP contribution in [0.5, 0.6) is 0 Å². The zero-order valence-electron chi connectivity index (χ0n) is 6.64. The highest BCUT2D eigenvalue weighted by molar-refractivity contribution is 9.10. The molecule has 1 rings (SSSR count). The van der Waals surface area contributed by atoms with E-state index in [4.69, 9.17) is 11.6 Å². The largest absolute Gasteiger partial charge is 0.369 e. The molecule has 5 heteroatoms. The maximum Gasteiger partial charge on any atom is 0.224 e. The van der Waals surface area contributed by atoms with E-state index in [1.807, 2.05) is 0 Å². The quantitative estimate of drug-likeness (QED) is 0.838. The number of nitrogens with zero attached hydrogens (tertiary/aromatic N) is 2. The van der Waals surface area contributed by atoms with Crippen LogP contribution in [-0.4, -0.2) is 16.5 Å². The van der Waals surface area contributed by atoms with Gasteiger partial charge in [-0.1, -0.05) is 6.92 Å². The van der Waals surface area contributed by atoms with Crippen LogP contribution in [-0.2, 0) is 0 Å². The molecule has 66 valence electrons. The van der Waals surface area contributed by atoms with Gasteiger partial charge in [-0.05, 0) is 34.0 Å². The number of hydrogen-bond donors (Lipinski definition) is 1. The Morgan fingerprint density at radius 3 is 3.08 bits per heavy atom. The van der Waals surface area contributed by atoms with Crippen molar-refractivity contribution in [1.82, 2.24) is 9.97 Å². The Bertz CT molecular complexity index is 267. The van der Waals surface area contributed by atoms with E-state index in [2.05, 4.69) is 38.1 Å². The van der Waals surface area contributed by atoms with Crippen LogP contribution in [0.2, 0.25) is 5.28 Å². The number of rotatable bonds is 3. The smallest absolute Gasteiger partial charge is 0.224 e. The summed E-state index contributed by atoms with van der Waals surface area (Å²) in [6.45, 7) is 2.97. The lowest BCUT2D eigenvalue weighted by molar-refractivity contribution is 0.962. The lowest BCUT2D eigenvalue weighted by atomic mass is 10.4. The number of anilines is 1. The second-order valence-electron chi connectivity index (χ2n) is 2.26. The molecule has 0 saturated heterocycles. The fourth-order valence-corrected chi connectivity index (χ4v) is 1.18. The Balaban J connectivity index is 2.75. The first-order chi connectivity index (χ1) is 5.74. The molecular weight excluding hydrogens is 241 g/mol. The van der Waals surface area contributed by atoms with E-state index < -0.39 is 0 Å². The second-order valence-corrected chi connectivity index (χ2v) is 3.45. The summed E-state index contributed by atoms with van der Waals surface area (Å²) in [5.41, 5.74) is 0. The first-order valence-corrected chi connectivity index (χ1v) is 4.83. The summed E-state index contributed by atoms with van der Waals surface area (Å²) in [4.78, 5) is 7.82. The van der Waals surface area contributed by atoms with Crippen molar-refractivity contribution in [3.63, 3.8) is 0 Å². The van der Waals surface area contributed by atoms with Gasteiger partial charge in [-0.15, -0.1) is 0 Å². The van der Waals surface area contributed by atoms with Gasteiger partial charge in [0.2, 0.25) is 5.28 Å². The highest BCUT2D eigenvalue weighted by atomic mass is 79.9. The van der Waals surface area contributed by atoms with Gasteiger partial charge in [-0.3, -0.25) is 0 Å². The van der Waals surface area contributed by atoms with Crippen LogP contribution in [0, 0.1) is 0 Å². The van der Waals surface area contributed by atoms with E-state index in [9.17, 15) is 0 Å². The van der Waals surface area contributed by atoms with Gasteiger partial charge >= 0.3 is 0 Å². The Kier molecular flexibility index (Phi) is 3.75. The minimum absolute atomic E-state index is 0.261. The molecule has 1 N–H and O–H groups in total. The van der Waals surface area contributed by atoms with E-state index in [0.29, 0.717) is 0 Å². The normalized spacial score (nSPS) is 9.92. The van der Waals surface area contributed by atoms with E-state index in [1.54, 1.807) is 6.20 Å². The molecule has 3 nitrogen and oxygen atoms in total. The first kappa shape index (κ1) is 9.74. The van der Waals surface area contributed by atoms with Gasteiger partial charge in [0, 0.05) is 12.7 Å². The molecule has 0 amide bonds. The molecule has 0 aliphatic heterocycles. The van der Waals surface area contributed by atoms with E-state index >= 15 is 0 Å². The molecule has 0 aliphatic rings. The molecule has 12 heavy (non-hydrogen) atoms. The van der Waals surface area contributed by atoms with Gasteiger partial charge in [0.1, 0.15) is 5.82 Å². The van der Waals surface area contributed by atoms with Crippen molar-refractivity contribution < 1.29 is 0 Å². The van der Waals surface area contributed by atoms with Crippen LogP contribution in [0.3, 0.4) is 0 Å². The standard InChI is InChI=1S/C7H9BrClN3/c1-2-3-10-6-5(8)4-11-7(9)12-6/h4H,2-3H2,1H3,(H,10,11,12). The molecule has 0 atom stereocenters. The molecule has 0 aliphatic carbocycles. The monoisotopic (exact) mass is 249 g/mol. The van der Waals surface area contributed by atoms with Gasteiger partial charge in [0.05, 0.1) is 4.47 Å². The topological polar surface area (TPSA) is 37.8 Å². The van der Waals surface area contributed by atoms with Crippen LogP contribution < -0.4 is 5.32 Å². The Labute approximate surface area is 84.7 Å². The van der Waals surface area contributed by atoms with Gasteiger partial charge in [0.15, 0.2) is 0 Å². The van der Waals surface area contributed by atoms with Crippen molar-refractivity contribution in [3.8, 4) is 0 Å². The van der Waals surface area contributed by atoms with Crippen molar-refractivity contribution in [2.24, 2.45) is 0 Å². The fourth-order valence-electron chi connectivity index (χ4n) is 0.713. The van der Waals surface area contributed by atoms with Crippen LogP contribution >= 0.6 is 27.5 Å². The number of aromatic nitrogens is 2. The number of halogens is 2. The predicted octanol–water partition coefficient (Wildman–Crippen LogP) is 2.71. The average Bonchev–Trinajstić information content (AvgIpc) is 2.07. The third kappa shape index (κ3) is 2.60. The summed E-state index contributed by atoms with van der Waals surface area (Å²) >= 11 is 8.93. The van der Waals surface area contributed by atoms with Crippen molar-refractivity contribution in [3.05, 3.63) is 16.0 Å². The summed E-state index contributed by atoms with van der Waals surface area (Å²) in [6.07, 6.45) is 2.68. The van der Waals surface area contributed by atoms with Crippen molar-refractivity contribution >= 4 is 33.3 Å². The van der Waals surface area contributed by atoms with E-state index in [-0.39, 0.29) is 5.28 Å². The zero-order chi connectivity index (χ0) is 8.97. The van der Waals surface area contributed by atoms with E-state index in [0.717, 1.165) is 23.3 Å². The third-order valence-corrected chi connectivity index (χ3v) is 2.02. The predicted molar refractivity (Wildman–Crippen MR) is 53.5 cm³/mol. The molecule has 1 heterocycles. The molecule has 0 aromatic carbocycles. The molecule has 0 bridgehead atoms. The molecule has 0 saturated carbocycles. The SMILES string of the molecule is CCCNc1nc(Cl)ncc1Br. The van der Waals surface area contributed by atoms with Crippen molar-refractivity contribution in [2.75, 3.05) is 11.9 Å². The minimum atomic E-state index is 0.261. The summed E-state index contributed by atoms with van der Waals surface area (Å²) in [5.74, 6) is 0.747. The lowest BCUT2D eigenvalue weighted by Crippen LogP contribution is -2.03. The fraction of sp³-hybridized carbons (Fsp3) is 0.429. The Hall–Kier alpha value is -0.350. The van der Waals surface area contributed by atoms with Crippen LogP contribution in [0.15, 0.2) is 10.7 Å². The minimum Gasteiger partial charge on any atom is -0.369 e. The van der Waals surface area contributed by atoms with Crippen LogP contribution in [0.4, 0.5) is 5.82 Å². The number of hydrogen-bond acceptors (Lipinski definition) is 3. The lowest BCUT2D eigenvalue weighted by Gasteiger charge is -2.04. The highest BCUT2D eigenvalue weighted by Crippen LogP contribution is 2.19. The van der Waals surface area contributed by atoms with Gasteiger partial charge in [-0.25, -0.2) is 4.98 Å². The second kappa shape index (κ2) is 4.62. The Morgan fingerprint density at radius 2 is 2.42 bits per heavy atom. The summed E-state index contributed by atoms with van der Waals surface area (Å²) in [5, 5.41) is 3.38. The maximum atomic E-state index is 5.61. The molecular formula is C7H9BrClN3. The van der Waals surface area contributed by atoms with Crippen LogP contribution in [0.1, 0.15) is 13.3 Å². The highest BCUT2D eigenvalue weighted by Gasteiger charge is 2.01. The summed E-state index contributed by atoms with van der Waals surface area (Å²) in [6, 6.07) is 0. The van der Waals surface area contributed by atoms with Gasteiger partial charge < -0.3 is 5.32 Å².